The van der Waals surface area contributed by atoms with Crippen LogP contribution >= 0.6 is 7.37 Å². The largest absolute Gasteiger partial charge is 0.420 e. The average molecular weight is 612 g/mol. The van der Waals surface area contributed by atoms with Crippen LogP contribution < -0.4 is 5.32 Å². The molecule has 3 atom stereocenters. The summed E-state index contributed by atoms with van der Waals surface area (Å²) >= 11 is 0. The average Bonchev–Trinajstić information content (AvgIpc) is 3.40. The van der Waals surface area contributed by atoms with Crippen LogP contribution in [-0.2, 0) is 35.0 Å². The molecule has 0 saturated carbocycles. The molecule has 2 aromatic carbocycles. The number of carbonyl (C=O) groups excluding carboxylic acids is 1. The standard InChI is InChI=1S/C27H38N3O9PS/c1-20(2)18-29(41(35,36)23-14-12-22(13-15-23)30(32)33)19-25(39-40(3,4)34)24(17-21-9-6-5-7-10-21)28-27(31)38-26-11-8-16-37-26/h5-7,9-10,12-15,20,24-26H,8,11,16-19H2,1-4H3,(H,28,31). The van der Waals surface area contributed by atoms with E-state index in [1.165, 1.54) is 29.8 Å². The van der Waals surface area contributed by atoms with Gasteiger partial charge in [0, 0.05) is 45.0 Å². The zero-order valence-corrected chi connectivity index (χ0v) is 25.4. The molecular formula is C27H38N3O9PS. The first-order valence-electron chi connectivity index (χ1n) is 13.4. The minimum absolute atomic E-state index is 0.0787. The lowest BCUT2D eigenvalue weighted by Crippen LogP contribution is -2.52. The summed E-state index contributed by atoms with van der Waals surface area (Å²) in [6.07, 6.45) is -0.932. The van der Waals surface area contributed by atoms with E-state index in [0.717, 1.165) is 24.1 Å². The van der Waals surface area contributed by atoms with Gasteiger partial charge in [0.05, 0.1) is 28.6 Å². The Bertz CT molecular complexity index is 1310. The molecule has 3 unspecified atom stereocenters. The molecule has 1 fully saturated rings. The van der Waals surface area contributed by atoms with E-state index in [1.54, 1.807) is 0 Å². The molecule has 1 heterocycles. The molecule has 1 amide bonds. The SMILES string of the molecule is CC(C)CN(CC(OP(C)(C)=O)C(Cc1ccccc1)NC(=O)OC1CCCO1)S(=O)(=O)c1ccc([N+](=O)[O-])cc1. The Labute approximate surface area is 241 Å². The summed E-state index contributed by atoms with van der Waals surface area (Å²) in [7, 11) is -7.36. The number of non-ortho nitro benzene ring substituents is 1. The first kappa shape index (κ1) is 32.7. The number of ether oxygens (including phenoxy) is 2. The maximum atomic E-state index is 13.8. The fourth-order valence-corrected chi connectivity index (χ4v) is 6.90. The van der Waals surface area contributed by atoms with Gasteiger partial charge in [-0.15, -0.1) is 0 Å². The third-order valence-corrected chi connectivity index (χ3v) is 8.83. The Morgan fingerprint density at radius 3 is 2.34 bits per heavy atom. The van der Waals surface area contributed by atoms with Gasteiger partial charge in [-0.2, -0.15) is 4.31 Å². The normalized spacial score (nSPS) is 17.4. The summed E-state index contributed by atoms with van der Waals surface area (Å²) in [5.74, 6) is -0.108. The highest BCUT2D eigenvalue weighted by Gasteiger charge is 2.36. The van der Waals surface area contributed by atoms with Crippen LogP contribution in [0.5, 0.6) is 0 Å². The number of sulfonamides is 1. The summed E-state index contributed by atoms with van der Waals surface area (Å²) < 4.78 is 58.5. The maximum Gasteiger partial charge on any atom is 0.409 e. The summed E-state index contributed by atoms with van der Waals surface area (Å²) in [6.45, 7) is 6.84. The van der Waals surface area contributed by atoms with Gasteiger partial charge in [0.1, 0.15) is 0 Å². The molecular weight excluding hydrogens is 573 g/mol. The topological polar surface area (TPSA) is 154 Å². The fourth-order valence-electron chi connectivity index (χ4n) is 4.42. The fraction of sp³-hybridized carbons (Fsp3) is 0.519. The van der Waals surface area contributed by atoms with E-state index in [0.29, 0.717) is 13.0 Å². The minimum atomic E-state index is -4.17. The van der Waals surface area contributed by atoms with Gasteiger partial charge < -0.3 is 19.3 Å². The molecule has 1 aliphatic rings. The summed E-state index contributed by atoms with van der Waals surface area (Å²) in [5.41, 5.74) is 0.592. The van der Waals surface area contributed by atoms with E-state index in [4.69, 9.17) is 14.0 Å². The van der Waals surface area contributed by atoms with Crippen LogP contribution in [0.15, 0.2) is 59.5 Å². The number of benzene rings is 2. The lowest BCUT2D eigenvalue weighted by Gasteiger charge is -2.34. The van der Waals surface area contributed by atoms with Crippen molar-refractivity contribution in [3.63, 3.8) is 0 Å². The van der Waals surface area contributed by atoms with E-state index >= 15 is 0 Å². The second kappa shape index (κ2) is 14.4. The number of hydrogen-bond donors (Lipinski definition) is 1. The van der Waals surface area contributed by atoms with E-state index in [2.05, 4.69) is 5.32 Å². The first-order valence-corrected chi connectivity index (χ1v) is 17.3. The van der Waals surface area contributed by atoms with Crippen molar-refractivity contribution in [2.24, 2.45) is 5.92 Å². The quantitative estimate of drug-likeness (QED) is 0.183. The second-order valence-corrected chi connectivity index (χ2v) is 15.3. The lowest BCUT2D eigenvalue weighted by molar-refractivity contribution is -0.384. The van der Waals surface area contributed by atoms with Gasteiger partial charge in [0.25, 0.3) is 5.69 Å². The molecule has 2 aromatic rings. The number of amides is 1. The molecule has 1 saturated heterocycles. The molecule has 14 heteroatoms. The van der Waals surface area contributed by atoms with Crippen LogP contribution in [0.25, 0.3) is 0 Å². The van der Waals surface area contributed by atoms with Crippen molar-refractivity contribution < 1.29 is 36.7 Å². The van der Waals surface area contributed by atoms with Crippen molar-refractivity contribution in [3.05, 3.63) is 70.3 Å². The van der Waals surface area contributed by atoms with Gasteiger partial charge in [0.2, 0.25) is 16.3 Å². The number of nitrogens with one attached hydrogen (secondary N) is 1. The summed E-state index contributed by atoms with van der Waals surface area (Å²) in [6, 6.07) is 13.0. The highest BCUT2D eigenvalue weighted by molar-refractivity contribution is 7.89. The predicted molar refractivity (Wildman–Crippen MR) is 154 cm³/mol. The van der Waals surface area contributed by atoms with Gasteiger partial charge >= 0.3 is 6.09 Å². The molecule has 12 nitrogen and oxygen atoms in total. The monoisotopic (exact) mass is 611 g/mol. The maximum absolute atomic E-state index is 13.8. The highest BCUT2D eigenvalue weighted by Crippen LogP contribution is 2.40. The number of nitro benzene ring substituents is 1. The van der Waals surface area contributed by atoms with Gasteiger partial charge in [0.15, 0.2) is 7.37 Å². The van der Waals surface area contributed by atoms with Gasteiger partial charge in [-0.3, -0.25) is 14.7 Å². The van der Waals surface area contributed by atoms with Gasteiger partial charge in [-0.05, 0) is 36.5 Å². The molecule has 3 rings (SSSR count). The van der Waals surface area contributed by atoms with Crippen molar-refractivity contribution in [1.29, 1.82) is 0 Å². The summed E-state index contributed by atoms with van der Waals surface area (Å²) in [4.78, 5) is 23.3. The van der Waals surface area contributed by atoms with Crippen molar-refractivity contribution >= 4 is 29.2 Å². The van der Waals surface area contributed by atoms with E-state index < -0.39 is 46.8 Å². The lowest BCUT2D eigenvalue weighted by atomic mass is 10.0. The molecule has 41 heavy (non-hydrogen) atoms. The molecule has 1 aliphatic heterocycles. The molecule has 0 aliphatic carbocycles. The molecule has 0 bridgehead atoms. The van der Waals surface area contributed by atoms with Crippen LogP contribution in [0.1, 0.15) is 32.3 Å². The van der Waals surface area contributed by atoms with Crippen LogP contribution in [0, 0.1) is 16.0 Å². The summed E-state index contributed by atoms with van der Waals surface area (Å²) in [5, 5.41) is 13.9. The minimum Gasteiger partial charge on any atom is -0.420 e. The predicted octanol–water partition coefficient (Wildman–Crippen LogP) is 4.64. The van der Waals surface area contributed by atoms with Crippen LogP contribution in [0.2, 0.25) is 0 Å². The molecule has 226 valence electrons. The van der Waals surface area contributed by atoms with Gasteiger partial charge in [-0.1, -0.05) is 44.2 Å². The third kappa shape index (κ3) is 10.2. The number of rotatable bonds is 14. The highest BCUT2D eigenvalue weighted by atomic mass is 32.2. The Balaban J connectivity index is 1.97. The number of nitro groups is 1. The Kier molecular flexibility index (Phi) is 11.5. The molecule has 0 aromatic heterocycles. The van der Waals surface area contributed by atoms with E-state index in [-0.39, 0.29) is 36.0 Å². The zero-order valence-electron chi connectivity index (χ0n) is 23.7. The van der Waals surface area contributed by atoms with E-state index in [1.807, 2.05) is 44.2 Å². The van der Waals surface area contributed by atoms with Crippen molar-refractivity contribution in [2.45, 2.75) is 56.4 Å². The van der Waals surface area contributed by atoms with Crippen molar-refractivity contribution in [3.8, 4) is 0 Å². The Morgan fingerprint density at radius 2 is 1.80 bits per heavy atom. The van der Waals surface area contributed by atoms with Gasteiger partial charge in [-0.25, -0.2) is 13.2 Å². The molecule has 1 N–H and O–H groups in total. The zero-order chi connectivity index (χ0) is 30.2. The smallest absolute Gasteiger partial charge is 0.409 e. The van der Waals surface area contributed by atoms with Crippen molar-refractivity contribution in [1.82, 2.24) is 9.62 Å². The number of hydrogen-bond acceptors (Lipinski definition) is 9. The van der Waals surface area contributed by atoms with E-state index in [9.17, 15) is 27.9 Å². The number of nitrogens with zero attached hydrogens (tertiary/aromatic N) is 2. The third-order valence-electron chi connectivity index (χ3n) is 6.20. The Morgan fingerprint density at radius 1 is 1.15 bits per heavy atom. The van der Waals surface area contributed by atoms with Crippen LogP contribution in [-0.4, -0.2) is 75.2 Å². The number of carbonyl (C=O) groups is 1. The molecule has 0 radical (unpaired) electrons. The second-order valence-electron chi connectivity index (χ2n) is 10.7. The van der Waals surface area contributed by atoms with Crippen molar-refractivity contribution in [2.75, 3.05) is 33.0 Å². The molecule has 0 spiro atoms. The number of alkyl carbamates (subject to hydrolysis) is 1. The first-order chi connectivity index (χ1) is 19.2. The Hall–Kier alpha value is -2.83. The van der Waals surface area contributed by atoms with Crippen LogP contribution in [0.4, 0.5) is 10.5 Å². The van der Waals surface area contributed by atoms with Crippen LogP contribution in [0.3, 0.4) is 0 Å².